The largest absolute Gasteiger partial charge is 0.293 e. The number of halogens is 2. The molecule has 0 aromatic heterocycles. The van der Waals surface area contributed by atoms with E-state index in [9.17, 15) is 23.7 Å². The van der Waals surface area contributed by atoms with Gasteiger partial charge in [0, 0.05) is 17.7 Å². The number of nitro benzene ring substituents is 1. The number of non-ortho nitro benzene ring substituents is 1. The van der Waals surface area contributed by atoms with E-state index in [-0.39, 0.29) is 16.8 Å². The number of carbonyl (C=O) groups excluding carboxylic acids is 1. The van der Waals surface area contributed by atoms with E-state index < -0.39 is 23.0 Å². The first-order valence-electron chi connectivity index (χ1n) is 6.12. The van der Waals surface area contributed by atoms with Crippen LogP contribution in [0.15, 0.2) is 54.6 Å². The lowest BCUT2D eigenvalue weighted by molar-refractivity contribution is -0.384. The molecule has 0 spiro atoms. The molecule has 4 nitrogen and oxygen atoms in total. The van der Waals surface area contributed by atoms with Crippen molar-refractivity contribution in [1.82, 2.24) is 0 Å². The van der Waals surface area contributed by atoms with Gasteiger partial charge in [0.2, 0.25) is 0 Å². The number of nitrogens with zero attached hydrogens (tertiary/aromatic N) is 1. The molecule has 2 aromatic rings. The van der Waals surface area contributed by atoms with E-state index in [1.165, 1.54) is 24.3 Å². The van der Waals surface area contributed by atoms with Crippen LogP contribution >= 0.6 is 0 Å². The summed E-state index contributed by atoms with van der Waals surface area (Å²) in [6, 6.07) is 12.4. The summed E-state index contributed by atoms with van der Waals surface area (Å²) in [5.74, 6) is -2.33. The molecule has 0 saturated carbocycles. The zero-order chi connectivity index (χ0) is 15.4. The minimum atomic E-state index is -2.85. The second-order valence-corrected chi connectivity index (χ2v) is 4.39. The van der Waals surface area contributed by atoms with E-state index in [0.29, 0.717) is 0 Å². The van der Waals surface area contributed by atoms with Crippen LogP contribution in [0.5, 0.6) is 0 Å². The fourth-order valence-corrected chi connectivity index (χ4v) is 2.00. The summed E-state index contributed by atoms with van der Waals surface area (Å²) in [7, 11) is 0. The van der Waals surface area contributed by atoms with Gasteiger partial charge in [-0.05, 0) is 17.7 Å². The highest BCUT2D eigenvalue weighted by molar-refractivity contribution is 6.01. The van der Waals surface area contributed by atoms with Gasteiger partial charge in [-0.2, -0.15) is 0 Å². The fourth-order valence-electron chi connectivity index (χ4n) is 2.00. The fraction of sp³-hybridized carbons (Fsp3) is 0.133. The maximum absolute atomic E-state index is 13.2. The highest BCUT2D eigenvalue weighted by Gasteiger charge is 2.30. The number of rotatable bonds is 5. The monoisotopic (exact) mass is 291 g/mol. The predicted octanol–water partition coefficient (Wildman–Crippen LogP) is 3.83. The van der Waals surface area contributed by atoms with Gasteiger partial charge in [-0.1, -0.05) is 30.3 Å². The van der Waals surface area contributed by atoms with Crippen LogP contribution in [0.25, 0.3) is 0 Å². The Hall–Kier alpha value is -2.63. The summed E-state index contributed by atoms with van der Waals surface area (Å²) in [6.07, 6.45) is -2.85. The van der Waals surface area contributed by atoms with Gasteiger partial charge in [0.1, 0.15) is 5.92 Å². The molecule has 2 aromatic carbocycles. The SMILES string of the molecule is O=C(c1ccc([N+](=O)[O-])cc1)C(c1ccccc1)C(F)F. The van der Waals surface area contributed by atoms with Crippen LogP contribution in [0.1, 0.15) is 21.8 Å². The smallest absolute Gasteiger partial charge is 0.269 e. The van der Waals surface area contributed by atoms with Crippen LogP contribution in [0, 0.1) is 10.1 Å². The Morgan fingerprint density at radius 1 is 1.00 bits per heavy atom. The van der Waals surface area contributed by atoms with Crippen LogP contribution < -0.4 is 0 Å². The summed E-state index contributed by atoms with van der Waals surface area (Å²) in [5.41, 5.74) is 0.0467. The van der Waals surface area contributed by atoms with Crippen molar-refractivity contribution in [2.45, 2.75) is 12.3 Å². The normalized spacial score (nSPS) is 12.1. The minimum absolute atomic E-state index is 0.0229. The number of alkyl halides is 2. The lowest BCUT2D eigenvalue weighted by Gasteiger charge is -2.15. The van der Waals surface area contributed by atoms with Crippen LogP contribution in [0.4, 0.5) is 14.5 Å². The maximum atomic E-state index is 13.2. The molecule has 1 unspecified atom stereocenters. The van der Waals surface area contributed by atoms with Crippen molar-refractivity contribution in [3.8, 4) is 0 Å². The minimum Gasteiger partial charge on any atom is -0.293 e. The molecule has 1 atom stereocenters. The first-order chi connectivity index (χ1) is 10.0. The number of hydrogen-bond donors (Lipinski definition) is 0. The van der Waals surface area contributed by atoms with Crippen molar-refractivity contribution in [3.63, 3.8) is 0 Å². The van der Waals surface area contributed by atoms with Crippen LogP contribution in [0.3, 0.4) is 0 Å². The second kappa shape index (κ2) is 6.21. The van der Waals surface area contributed by atoms with Gasteiger partial charge in [0.05, 0.1) is 4.92 Å². The molecule has 108 valence electrons. The topological polar surface area (TPSA) is 60.2 Å². The molecule has 0 heterocycles. The first kappa shape index (κ1) is 14.8. The van der Waals surface area contributed by atoms with Gasteiger partial charge in [0.25, 0.3) is 12.1 Å². The second-order valence-electron chi connectivity index (χ2n) is 4.39. The zero-order valence-corrected chi connectivity index (χ0v) is 10.8. The molecular formula is C15H11F2NO3. The Morgan fingerprint density at radius 3 is 2.05 bits per heavy atom. The van der Waals surface area contributed by atoms with Crippen molar-refractivity contribution in [1.29, 1.82) is 0 Å². The molecule has 21 heavy (non-hydrogen) atoms. The molecule has 0 N–H and O–H groups in total. The Labute approximate surface area is 119 Å². The van der Waals surface area contributed by atoms with Crippen molar-refractivity contribution >= 4 is 11.5 Å². The summed E-state index contributed by atoms with van der Waals surface area (Å²) in [5, 5.41) is 10.5. The maximum Gasteiger partial charge on any atom is 0.269 e. The number of Topliss-reactive ketones (excluding diaryl/α,β-unsaturated/α-hetero) is 1. The highest BCUT2D eigenvalue weighted by atomic mass is 19.3. The molecule has 0 fully saturated rings. The third-order valence-corrected chi connectivity index (χ3v) is 3.06. The zero-order valence-electron chi connectivity index (χ0n) is 10.8. The summed E-state index contributed by atoms with van der Waals surface area (Å²) in [6.45, 7) is 0. The van der Waals surface area contributed by atoms with Gasteiger partial charge in [-0.15, -0.1) is 0 Å². The molecular weight excluding hydrogens is 280 g/mol. The van der Waals surface area contributed by atoms with Crippen LogP contribution in [0.2, 0.25) is 0 Å². The Bertz CT molecular complexity index is 642. The molecule has 0 aliphatic heterocycles. The predicted molar refractivity (Wildman–Crippen MR) is 72.6 cm³/mol. The van der Waals surface area contributed by atoms with Crippen LogP contribution in [-0.2, 0) is 0 Å². The molecule has 0 aliphatic rings. The molecule has 0 bridgehead atoms. The first-order valence-corrected chi connectivity index (χ1v) is 6.12. The molecule has 6 heteroatoms. The molecule has 0 amide bonds. The summed E-state index contributed by atoms with van der Waals surface area (Å²) in [4.78, 5) is 22.1. The quantitative estimate of drug-likeness (QED) is 0.478. The average molecular weight is 291 g/mol. The molecule has 0 aliphatic carbocycles. The Balaban J connectivity index is 2.33. The lowest BCUT2D eigenvalue weighted by atomic mass is 9.91. The van der Waals surface area contributed by atoms with Crippen molar-refractivity contribution in [2.24, 2.45) is 0 Å². The van der Waals surface area contributed by atoms with Gasteiger partial charge >= 0.3 is 0 Å². The number of nitro groups is 1. The number of carbonyl (C=O) groups is 1. The summed E-state index contributed by atoms with van der Waals surface area (Å²) < 4.78 is 26.4. The van der Waals surface area contributed by atoms with E-state index in [4.69, 9.17) is 0 Å². The molecule has 0 saturated heterocycles. The van der Waals surface area contributed by atoms with Gasteiger partial charge < -0.3 is 0 Å². The molecule has 0 radical (unpaired) electrons. The van der Waals surface area contributed by atoms with Crippen molar-refractivity contribution in [3.05, 3.63) is 75.8 Å². The summed E-state index contributed by atoms with van der Waals surface area (Å²) >= 11 is 0. The third-order valence-electron chi connectivity index (χ3n) is 3.06. The van der Waals surface area contributed by atoms with Gasteiger partial charge in [-0.3, -0.25) is 14.9 Å². The van der Waals surface area contributed by atoms with Crippen molar-refractivity contribution < 1.29 is 18.5 Å². The average Bonchev–Trinajstić information content (AvgIpc) is 2.48. The Kier molecular flexibility index (Phi) is 4.37. The third kappa shape index (κ3) is 3.28. The standard InChI is InChI=1S/C15H11F2NO3/c16-15(17)13(10-4-2-1-3-5-10)14(19)11-6-8-12(9-7-11)18(20)21/h1-9,13,15H. The lowest BCUT2D eigenvalue weighted by Crippen LogP contribution is -2.20. The number of benzene rings is 2. The van der Waals surface area contributed by atoms with E-state index in [0.717, 1.165) is 12.1 Å². The van der Waals surface area contributed by atoms with E-state index in [1.807, 2.05) is 0 Å². The number of ketones is 1. The highest BCUT2D eigenvalue weighted by Crippen LogP contribution is 2.28. The van der Waals surface area contributed by atoms with Gasteiger partial charge in [-0.25, -0.2) is 8.78 Å². The van der Waals surface area contributed by atoms with Gasteiger partial charge in [0.15, 0.2) is 5.78 Å². The van der Waals surface area contributed by atoms with Crippen molar-refractivity contribution in [2.75, 3.05) is 0 Å². The molecule has 2 rings (SSSR count). The van der Waals surface area contributed by atoms with E-state index in [1.54, 1.807) is 18.2 Å². The van der Waals surface area contributed by atoms with E-state index in [2.05, 4.69) is 0 Å². The van der Waals surface area contributed by atoms with Crippen LogP contribution in [-0.4, -0.2) is 17.1 Å². The number of hydrogen-bond acceptors (Lipinski definition) is 3. The van der Waals surface area contributed by atoms with E-state index >= 15 is 0 Å². The Morgan fingerprint density at radius 2 is 1.57 bits per heavy atom.